The number of nitrogens with two attached hydrogens (primary N) is 1. The van der Waals surface area contributed by atoms with Gasteiger partial charge in [0.25, 0.3) is 5.91 Å². The number of hydrazine groups is 1. The number of rotatable bonds is 5. The van der Waals surface area contributed by atoms with Gasteiger partial charge in [0.05, 0.1) is 72.0 Å². The van der Waals surface area contributed by atoms with E-state index in [9.17, 15) is 9.59 Å². The number of anilines is 1. The van der Waals surface area contributed by atoms with Crippen molar-refractivity contribution in [1.82, 2.24) is 29.9 Å². The Morgan fingerprint density at radius 1 is 1.16 bits per heavy atom. The lowest BCUT2D eigenvalue weighted by molar-refractivity contribution is -0.154. The van der Waals surface area contributed by atoms with E-state index in [1.54, 1.807) is 7.11 Å². The number of amides is 1. The van der Waals surface area contributed by atoms with Crippen LogP contribution in [0.2, 0.25) is 0 Å². The topological polar surface area (TPSA) is 140 Å². The molecule has 3 N–H and O–H groups in total. The SMILES string of the molecule is CCn1c(-c2cc(N3CCN4CCOC[C@@H]4C3)cnc2[C@H](C)OC)c2c3cc(ccc31)-c1csc(n1)C[C@H](N)C(=O)N1CCC[C@H](N1)C(=O)OCC(C)(C)C2. The first-order valence-corrected chi connectivity index (χ1v) is 20.6. The van der Waals surface area contributed by atoms with Crippen molar-refractivity contribution < 1.29 is 23.8 Å². The van der Waals surface area contributed by atoms with Crippen molar-refractivity contribution in [3.05, 3.63) is 52.1 Å². The normalized spacial score (nSPS) is 24.4. The Morgan fingerprint density at radius 2 is 2.02 bits per heavy atom. The first kappa shape index (κ1) is 38.0. The van der Waals surface area contributed by atoms with Crippen LogP contribution in [-0.2, 0) is 43.2 Å². The fourth-order valence-electron chi connectivity index (χ4n) is 8.67. The van der Waals surface area contributed by atoms with Gasteiger partial charge in [-0.25, -0.2) is 10.4 Å². The number of aryl methyl sites for hydroxylation is 1. The van der Waals surface area contributed by atoms with Crippen LogP contribution in [0.1, 0.15) is 62.9 Å². The minimum Gasteiger partial charge on any atom is -0.464 e. The Bertz CT molecular complexity index is 2060. The monoisotopic (exact) mass is 770 g/mol. The predicted molar refractivity (Wildman–Crippen MR) is 214 cm³/mol. The Morgan fingerprint density at radius 3 is 2.84 bits per heavy atom. The van der Waals surface area contributed by atoms with Crippen molar-refractivity contribution >= 4 is 39.8 Å². The summed E-state index contributed by atoms with van der Waals surface area (Å²) in [6.45, 7) is 15.3. The number of carbonyl (C=O) groups excluding carboxylic acids is 2. The second-order valence-corrected chi connectivity index (χ2v) is 17.2. The Hall–Kier alpha value is -3.92. The van der Waals surface area contributed by atoms with Crippen LogP contribution in [0, 0.1) is 5.41 Å². The second kappa shape index (κ2) is 15.5. The van der Waals surface area contributed by atoms with E-state index < -0.39 is 17.5 Å². The quantitative estimate of drug-likeness (QED) is 0.276. The number of nitrogens with one attached hydrogen (secondary N) is 1. The van der Waals surface area contributed by atoms with E-state index >= 15 is 0 Å². The molecule has 0 spiro atoms. The van der Waals surface area contributed by atoms with Crippen LogP contribution < -0.4 is 16.1 Å². The van der Waals surface area contributed by atoms with Crippen molar-refractivity contribution in [1.29, 1.82) is 0 Å². The summed E-state index contributed by atoms with van der Waals surface area (Å²) in [4.78, 5) is 42.1. The molecule has 55 heavy (non-hydrogen) atoms. The molecular weight excluding hydrogens is 717 g/mol. The van der Waals surface area contributed by atoms with Crippen LogP contribution in [0.15, 0.2) is 35.8 Å². The molecule has 14 heteroatoms. The zero-order valence-electron chi connectivity index (χ0n) is 32.7. The van der Waals surface area contributed by atoms with Crippen LogP contribution in [0.5, 0.6) is 0 Å². The average molecular weight is 771 g/mol. The molecular formula is C41H54N8O5S. The maximum absolute atomic E-state index is 13.6. The van der Waals surface area contributed by atoms with Crippen LogP contribution in [-0.4, -0.2) is 114 Å². The van der Waals surface area contributed by atoms with Crippen LogP contribution in [0.25, 0.3) is 33.4 Å². The van der Waals surface area contributed by atoms with Gasteiger partial charge in [0.15, 0.2) is 0 Å². The van der Waals surface area contributed by atoms with Gasteiger partial charge in [-0.1, -0.05) is 19.9 Å². The molecule has 3 fully saturated rings. The Labute approximate surface area is 327 Å². The first-order chi connectivity index (χ1) is 26.5. The molecule has 6 bridgehead atoms. The molecule has 3 saturated heterocycles. The van der Waals surface area contributed by atoms with E-state index in [1.165, 1.54) is 21.9 Å². The van der Waals surface area contributed by atoms with Gasteiger partial charge in [0.2, 0.25) is 0 Å². The van der Waals surface area contributed by atoms with Gasteiger partial charge in [-0.3, -0.25) is 24.5 Å². The number of aromatic nitrogens is 3. The number of benzene rings is 1. The smallest absolute Gasteiger partial charge is 0.324 e. The van der Waals surface area contributed by atoms with E-state index in [0.717, 1.165) is 95.7 Å². The molecule has 13 nitrogen and oxygen atoms in total. The number of ether oxygens (including phenoxy) is 3. The van der Waals surface area contributed by atoms with E-state index in [0.29, 0.717) is 38.3 Å². The summed E-state index contributed by atoms with van der Waals surface area (Å²) in [5.74, 6) is -0.610. The van der Waals surface area contributed by atoms with Gasteiger partial charge >= 0.3 is 5.97 Å². The number of hydrogen-bond acceptors (Lipinski definition) is 12. The van der Waals surface area contributed by atoms with Crippen molar-refractivity contribution in [2.45, 2.75) is 84.2 Å². The van der Waals surface area contributed by atoms with E-state index in [1.807, 2.05) is 11.6 Å². The molecule has 0 saturated carbocycles. The maximum Gasteiger partial charge on any atom is 0.324 e. The highest BCUT2D eigenvalue weighted by atomic mass is 32.1. The zero-order chi connectivity index (χ0) is 38.4. The molecule has 294 valence electrons. The molecule has 3 aromatic heterocycles. The first-order valence-electron chi connectivity index (χ1n) is 19.7. The fraction of sp³-hybridized carbons (Fsp3) is 0.561. The van der Waals surface area contributed by atoms with Gasteiger partial charge in [-0.05, 0) is 56.9 Å². The van der Waals surface area contributed by atoms with E-state index in [-0.39, 0.29) is 24.6 Å². The summed E-state index contributed by atoms with van der Waals surface area (Å²) in [5, 5.41) is 5.45. The molecule has 0 radical (unpaired) electrons. The van der Waals surface area contributed by atoms with Crippen molar-refractivity contribution in [2.24, 2.45) is 11.1 Å². The molecule has 0 unspecified atom stereocenters. The third-order valence-electron chi connectivity index (χ3n) is 11.7. The molecule has 1 aromatic carbocycles. The fourth-order valence-corrected chi connectivity index (χ4v) is 9.53. The number of nitrogens with zero attached hydrogens (tertiary/aromatic N) is 6. The van der Waals surface area contributed by atoms with Gasteiger partial charge in [-0.2, -0.15) is 0 Å². The highest BCUT2D eigenvalue weighted by molar-refractivity contribution is 7.10. The van der Waals surface area contributed by atoms with E-state index in [4.69, 9.17) is 29.9 Å². The maximum atomic E-state index is 13.6. The highest BCUT2D eigenvalue weighted by Crippen LogP contribution is 2.43. The molecule has 4 aromatic rings. The lowest BCUT2D eigenvalue weighted by atomic mass is 9.84. The number of hydrogen-bond donors (Lipinski definition) is 2. The standard InChI is InChI=1S/C41H54N8O5S/c1-6-48-35-10-9-26-16-29(35)31(38(48)30-17-27(20-43-37(30)25(2)52-5)47-13-12-46-14-15-53-22-28(46)21-47)19-41(3,4)24-54-40(51)33-8-7-11-49(45-33)39(50)32(42)18-36-44-34(26)23-55-36/h9-10,16-17,20,23,25,28,32-33,45H,6-8,11-15,18-19,21-22,24,42H2,1-5H3/t25-,28-,32-,33-/m0/s1. The largest absolute Gasteiger partial charge is 0.464 e. The summed E-state index contributed by atoms with van der Waals surface area (Å²) in [7, 11) is 1.73. The minimum absolute atomic E-state index is 0.207. The van der Waals surface area contributed by atoms with Crippen LogP contribution in [0.4, 0.5) is 5.69 Å². The van der Waals surface area contributed by atoms with Crippen molar-refractivity contribution in [3.63, 3.8) is 0 Å². The number of carbonyl (C=O) groups is 2. The number of methoxy groups -OCH3 is 1. The summed E-state index contributed by atoms with van der Waals surface area (Å²) in [5.41, 5.74) is 17.4. The van der Waals surface area contributed by atoms with Crippen LogP contribution >= 0.6 is 11.3 Å². The number of fused-ring (bicyclic) bond motifs is 7. The molecule has 1 amide bonds. The van der Waals surface area contributed by atoms with Crippen molar-refractivity contribution in [2.75, 3.05) is 64.6 Å². The van der Waals surface area contributed by atoms with E-state index in [2.05, 4.69) is 71.8 Å². The van der Waals surface area contributed by atoms with Gasteiger partial charge in [-0.15, -0.1) is 11.3 Å². The average Bonchev–Trinajstić information content (AvgIpc) is 3.80. The number of thiazole rings is 1. The molecule has 4 aliphatic rings. The Balaban J connectivity index is 1.27. The van der Waals surface area contributed by atoms with Crippen LogP contribution in [0.3, 0.4) is 0 Å². The molecule has 4 atom stereocenters. The highest BCUT2D eigenvalue weighted by Gasteiger charge is 2.35. The summed E-state index contributed by atoms with van der Waals surface area (Å²) in [6, 6.07) is 7.82. The van der Waals surface area contributed by atoms with Gasteiger partial charge < -0.3 is 29.4 Å². The molecule has 0 aliphatic carbocycles. The lowest BCUT2D eigenvalue weighted by Gasteiger charge is -2.44. The number of pyridine rings is 1. The number of morpholine rings is 1. The predicted octanol–water partition coefficient (Wildman–Crippen LogP) is 4.57. The minimum atomic E-state index is -0.790. The van der Waals surface area contributed by atoms with Gasteiger partial charge in [0, 0.05) is 85.6 Å². The zero-order valence-corrected chi connectivity index (χ0v) is 33.5. The third kappa shape index (κ3) is 7.52. The summed E-state index contributed by atoms with van der Waals surface area (Å²) >= 11 is 1.51. The Kier molecular flexibility index (Phi) is 10.7. The number of esters is 1. The third-order valence-corrected chi connectivity index (χ3v) is 12.6. The number of piperazine rings is 1. The molecule has 4 aliphatic heterocycles. The van der Waals surface area contributed by atoms with Crippen molar-refractivity contribution in [3.8, 4) is 22.5 Å². The molecule has 8 rings (SSSR count). The summed E-state index contributed by atoms with van der Waals surface area (Å²) < 4.78 is 20.3. The summed E-state index contributed by atoms with van der Waals surface area (Å²) in [6.07, 6.45) is 3.95. The second-order valence-electron chi connectivity index (χ2n) is 16.2. The van der Waals surface area contributed by atoms with Gasteiger partial charge in [0.1, 0.15) is 6.04 Å². The number of cyclic esters (lactones) is 1. The lowest BCUT2D eigenvalue weighted by Crippen LogP contribution is -2.59. The molecule has 7 heterocycles.